The zero-order valence-corrected chi connectivity index (χ0v) is 85.0. The number of piperidine rings is 5. The number of sulfone groups is 1. The van der Waals surface area contributed by atoms with E-state index in [4.69, 9.17) is 51.6 Å². The van der Waals surface area contributed by atoms with Gasteiger partial charge < -0.3 is 58.2 Å². The highest BCUT2D eigenvalue weighted by atomic mass is 35.5. The standard InChI is InChI=1S/C29H37ClN2O2.C26H33NO3S.C21H30FNO.C20H30ClNO2.C19H25F2NO/c1-31-29(33)25-9-6-23(18-27(25)30)22-7-10-28(34-2)26(17-22)21-11-13-32(14-12-21)24-8-5-19-3-4-20(15-19)16-24;1-30-26-10-7-21(19-5-8-23(9-6-19)31(2,28)29)17-24(26)20-11-13-27(14-12-20)25-16-18-3-4-22(25)15-18;1-24-21-7-6-19(22)13-20(21)17-8-10-23(11-9-17)14-18-12-15-2-4-16(18)5-3-15;1-23-19-10-9-16(21)15-18(19)20(24-2)11-13-22(14-12-20)17-7-5-3-4-6-8-17;1-23-19-16(10-15(20)11-17(19)21)13-4-6-22(7-5-13)18-9-12-2-3-14(18)8-12/h6-7,9-10,17-21,24H,3-5,8,11-16H2,1-2H3,(H,31,33);5-10,17-18,20,22,25H,3-4,11-16H2,1-2H3;6-7,13,15-18H,2-5,8-12,14H2,1H3;9-10,15,17H,3-8,11-14H2,1-2H3;10-14,18H,2-9H2,1H3/t;18-,22?,25-;;;12-,14?,18+/m.0..0/s1. The summed E-state index contributed by atoms with van der Waals surface area (Å²) in [5, 5.41) is 3.86. The average Bonchev–Trinajstić information content (AvgIpc) is 1.62. The van der Waals surface area contributed by atoms with Crippen molar-refractivity contribution in [1.29, 1.82) is 0 Å². The van der Waals surface area contributed by atoms with Gasteiger partial charge in [0.15, 0.2) is 21.4 Å². The lowest BCUT2D eigenvalue weighted by Gasteiger charge is -2.45. The van der Waals surface area contributed by atoms with E-state index < -0.39 is 21.5 Å². The molecule has 0 spiro atoms. The molecule has 15 fully saturated rings. The third-order valence-electron chi connectivity index (χ3n) is 35.9. The van der Waals surface area contributed by atoms with E-state index in [1.807, 2.05) is 49.6 Å². The Balaban J connectivity index is 0.000000119. The van der Waals surface area contributed by atoms with Crippen molar-refractivity contribution < 1.29 is 54.8 Å². The number of carbonyl (C=O) groups is 1. The summed E-state index contributed by atoms with van der Waals surface area (Å²) in [6.45, 7) is 12.6. The Morgan fingerprint density at radius 2 is 0.860 bits per heavy atom. The molecule has 136 heavy (non-hydrogen) atoms. The molecule has 0 aromatic heterocycles. The molecule has 10 saturated carbocycles. The molecule has 8 bridgehead atoms. The largest absolute Gasteiger partial charge is 0.496 e. The van der Waals surface area contributed by atoms with E-state index in [1.54, 1.807) is 65.8 Å². The smallest absolute Gasteiger partial charge is 0.252 e. The maximum absolute atomic E-state index is 13.9. The van der Waals surface area contributed by atoms with Crippen LogP contribution in [0.25, 0.3) is 22.3 Å². The number of likely N-dealkylation sites (tertiary alicyclic amines) is 5. The lowest BCUT2D eigenvalue weighted by molar-refractivity contribution is -0.0712. The second kappa shape index (κ2) is 46.4. The van der Waals surface area contributed by atoms with Crippen LogP contribution < -0.4 is 29.0 Å². The predicted octanol–water partition coefficient (Wildman–Crippen LogP) is 25.8. The fraction of sp³-hybridized carbons (Fsp3) is 0.626. The molecule has 7 aromatic carbocycles. The molecule has 7 aromatic rings. The SMILES string of the molecule is CNC(=O)c1ccc(-c2ccc(OC)c(C3CCN(C4CCC5CCC(C5)C4)CC3)c2)cc1Cl.COc1c(F)cc(F)cc1C1CCN([C@@H]2C[C@H]3CCC2C3)CC1.COc1ccc(-c2ccc(S(C)(=O)=O)cc2)cc1C1CCN([C@H]2C[C@H]3CCC2C3)CC1.COc1ccc(Cl)cc1C1(OC)CCN(C2CCCCCC2)CC1.COc1ccc(F)cc1C1CCN(CC2CC3CCC2CC3)CC1. The van der Waals surface area contributed by atoms with Gasteiger partial charge in [0.2, 0.25) is 0 Å². The summed E-state index contributed by atoms with van der Waals surface area (Å²) in [5.74, 6) is 12.9. The van der Waals surface area contributed by atoms with Gasteiger partial charge >= 0.3 is 0 Å². The Kier molecular flexibility index (Phi) is 34.3. The van der Waals surface area contributed by atoms with Gasteiger partial charge in [-0.1, -0.05) is 118 Å². The number of benzene rings is 7. The summed E-state index contributed by atoms with van der Waals surface area (Å²) in [4.78, 5) is 26.0. The van der Waals surface area contributed by atoms with Gasteiger partial charge in [-0.2, -0.15) is 0 Å². The van der Waals surface area contributed by atoms with Gasteiger partial charge in [-0.05, 0) is 414 Å². The van der Waals surface area contributed by atoms with Gasteiger partial charge in [0.05, 0.1) is 56.6 Å². The minimum atomic E-state index is -3.18. The van der Waals surface area contributed by atoms with Gasteiger partial charge in [-0.25, -0.2) is 21.6 Å². The van der Waals surface area contributed by atoms with E-state index in [9.17, 15) is 26.4 Å². The number of hydrogen-bond donors (Lipinski definition) is 1. The second-order valence-corrected chi connectivity index (χ2v) is 46.2. The Labute approximate surface area is 821 Å². The molecular weight excluding hydrogens is 1770 g/mol. The molecule has 15 aliphatic rings. The highest BCUT2D eigenvalue weighted by Gasteiger charge is 2.47. The normalized spacial score (nSPS) is 27.5. The Morgan fingerprint density at radius 1 is 0.404 bits per heavy atom. The summed E-state index contributed by atoms with van der Waals surface area (Å²) >= 11 is 12.7. The maximum Gasteiger partial charge on any atom is 0.252 e. The fourth-order valence-electron chi connectivity index (χ4n) is 28.4. The molecule has 15 nitrogen and oxygen atoms in total. The minimum Gasteiger partial charge on any atom is -0.496 e. The third kappa shape index (κ3) is 24.0. The lowest BCUT2D eigenvalue weighted by atomic mass is 9.64. The Morgan fingerprint density at radius 3 is 1.38 bits per heavy atom. The monoisotopic (exact) mass is 1920 g/mol. The van der Waals surface area contributed by atoms with Crippen molar-refractivity contribution >= 4 is 38.9 Å². The first kappa shape index (κ1) is 101. The van der Waals surface area contributed by atoms with Crippen molar-refractivity contribution in [2.75, 3.05) is 128 Å². The third-order valence-corrected chi connectivity index (χ3v) is 37.6. The quantitative estimate of drug-likeness (QED) is 0.0684. The van der Waals surface area contributed by atoms with E-state index in [0.29, 0.717) is 38.8 Å². The number of nitrogens with zero attached hydrogens (tertiary/aromatic N) is 5. The second-order valence-electron chi connectivity index (χ2n) is 43.4. The average molecular weight is 1930 g/mol. The first-order valence-electron chi connectivity index (χ1n) is 52.7. The number of carbonyl (C=O) groups excluding carboxylic acids is 1. The molecule has 5 saturated heterocycles. The number of halogens is 5. The summed E-state index contributed by atoms with van der Waals surface area (Å²) < 4.78 is 98.5. The Bertz CT molecular complexity index is 5210. The molecule has 10 atom stereocenters. The molecule has 1 N–H and O–H groups in total. The number of nitrogens with one attached hydrogen (secondary N) is 1. The van der Waals surface area contributed by atoms with Gasteiger partial charge in [-0.3, -0.25) is 4.79 Å². The zero-order valence-electron chi connectivity index (χ0n) is 82.7. The van der Waals surface area contributed by atoms with Crippen molar-refractivity contribution in [1.82, 2.24) is 29.8 Å². The van der Waals surface area contributed by atoms with E-state index in [1.165, 1.54) is 256 Å². The van der Waals surface area contributed by atoms with E-state index >= 15 is 0 Å². The molecule has 740 valence electrons. The summed E-state index contributed by atoms with van der Waals surface area (Å²) in [7, 11) is 8.65. The molecule has 6 unspecified atom stereocenters. The van der Waals surface area contributed by atoms with E-state index in [2.05, 4.69) is 66.2 Å². The highest BCUT2D eigenvalue weighted by molar-refractivity contribution is 7.90. The number of hydrogen-bond acceptors (Lipinski definition) is 14. The summed E-state index contributed by atoms with van der Waals surface area (Å²) in [6.07, 6.45) is 48.0. The van der Waals surface area contributed by atoms with Crippen molar-refractivity contribution in [3.8, 4) is 51.0 Å². The summed E-state index contributed by atoms with van der Waals surface area (Å²) in [6, 6.07) is 42.0. The minimum absolute atomic E-state index is 0.147. The topological polar surface area (TPSA) is 135 Å². The Hall–Kier alpha value is -6.91. The number of rotatable bonds is 21. The van der Waals surface area contributed by atoms with Gasteiger partial charge in [-0.15, -0.1) is 0 Å². The lowest BCUT2D eigenvalue weighted by Crippen LogP contribution is -2.47. The van der Waals surface area contributed by atoms with Crippen LogP contribution >= 0.6 is 23.2 Å². The number of amides is 1. The first-order chi connectivity index (χ1) is 66.0. The number of ether oxygens (including phenoxy) is 6. The molecule has 10 aliphatic carbocycles. The molecule has 5 aliphatic heterocycles. The molecule has 0 radical (unpaired) electrons. The van der Waals surface area contributed by atoms with Gasteiger partial charge in [0.1, 0.15) is 34.6 Å². The van der Waals surface area contributed by atoms with Crippen LogP contribution in [-0.2, 0) is 20.2 Å². The first-order valence-corrected chi connectivity index (χ1v) is 55.3. The van der Waals surface area contributed by atoms with Crippen LogP contribution in [0, 0.1) is 70.7 Å². The van der Waals surface area contributed by atoms with Crippen LogP contribution in [0.3, 0.4) is 0 Å². The van der Waals surface area contributed by atoms with Gasteiger partial charge in [0, 0.05) is 92.0 Å². The van der Waals surface area contributed by atoms with Crippen LogP contribution in [0.15, 0.2) is 132 Å². The highest BCUT2D eigenvalue weighted by Crippen LogP contribution is 2.53. The van der Waals surface area contributed by atoms with Crippen molar-refractivity contribution in [3.63, 3.8) is 0 Å². The van der Waals surface area contributed by atoms with Crippen molar-refractivity contribution in [2.45, 2.75) is 283 Å². The number of fused-ring (bicyclic) bond motifs is 9. The zero-order chi connectivity index (χ0) is 94.7. The van der Waals surface area contributed by atoms with Crippen LogP contribution in [0.1, 0.15) is 287 Å². The van der Waals surface area contributed by atoms with Crippen LogP contribution in [0.2, 0.25) is 10.0 Å². The molecular formula is C115H155Cl2F3N6O9S. The molecule has 5 heterocycles. The fourth-order valence-corrected chi connectivity index (χ4v) is 29.5. The summed E-state index contributed by atoms with van der Waals surface area (Å²) in [5.41, 5.74) is 9.97. The van der Waals surface area contributed by atoms with E-state index in [0.717, 1.165) is 223 Å². The van der Waals surface area contributed by atoms with Crippen LogP contribution in [-0.4, -0.2) is 191 Å². The van der Waals surface area contributed by atoms with Crippen molar-refractivity contribution in [3.05, 3.63) is 188 Å². The van der Waals surface area contributed by atoms with Gasteiger partial charge in [0.25, 0.3) is 5.91 Å². The number of methoxy groups -OCH3 is 6. The predicted molar refractivity (Wildman–Crippen MR) is 543 cm³/mol. The maximum atomic E-state index is 13.9. The van der Waals surface area contributed by atoms with Crippen LogP contribution in [0.5, 0.6) is 28.7 Å². The molecule has 21 heteroatoms. The molecule has 22 rings (SSSR count). The molecule has 1 amide bonds. The van der Waals surface area contributed by atoms with E-state index in [-0.39, 0.29) is 29.0 Å². The van der Waals surface area contributed by atoms with Crippen LogP contribution in [0.4, 0.5) is 13.2 Å². The van der Waals surface area contributed by atoms with Crippen molar-refractivity contribution in [2.24, 2.45) is 53.3 Å².